The maximum atomic E-state index is 11.8. The molecule has 18 heavy (non-hydrogen) atoms. The van der Waals surface area contributed by atoms with E-state index in [2.05, 4.69) is 5.32 Å². The fourth-order valence-corrected chi connectivity index (χ4v) is 3.13. The van der Waals surface area contributed by atoms with Crippen LogP contribution in [0.1, 0.15) is 26.2 Å². The molecule has 6 heteroatoms. The fraction of sp³-hybridized carbons (Fsp3) is 0.833. The second kappa shape index (κ2) is 6.43. The minimum Gasteiger partial charge on any atom is -0.376 e. The number of thioether (sulfide) groups is 1. The van der Waals surface area contributed by atoms with Crippen molar-refractivity contribution in [3.05, 3.63) is 0 Å². The van der Waals surface area contributed by atoms with Crippen molar-refractivity contribution >= 4 is 22.9 Å². The van der Waals surface area contributed by atoms with Gasteiger partial charge in [-0.05, 0) is 19.8 Å². The summed E-state index contributed by atoms with van der Waals surface area (Å²) in [4.78, 5) is 24.9. The third kappa shape index (κ3) is 3.62. The summed E-state index contributed by atoms with van der Waals surface area (Å²) in [5.74, 6) is 0.843. The van der Waals surface area contributed by atoms with Crippen molar-refractivity contribution in [3.63, 3.8) is 0 Å². The lowest BCUT2D eigenvalue weighted by atomic mass is 10.1. The predicted molar refractivity (Wildman–Crippen MR) is 70.6 cm³/mol. The Bertz CT molecular complexity index is 318. The number of amides is 2. The first kappa shape index (κ1) is 13.7. The number of nitrogens with one attached hydrogen (secondary N) is 1. The van der Waals surface area contributed by atoms with Gasteiger partial charge < -0.3 is 15.0 Å². The van der Waals surface area contributed by atoms with Crippen LogP contribution in [-0.2, 0) is 9.53 Å². The van der Waals surface area contributed by atoms with E-state index in [1.165, 1.54) is 11.8 Å². The molecule has 0 aromatic rings. The van der Waals surface area contributed by atoms with E-state index in [0.29, 0.717) is 13.0 Å². The zero-order chi connectivity index (χ0) is 13.0. The molecule has 102 valence electrons. The lowest BCUT2D eigenvalue weighted by Crippen LogP contribution is -2.42. The first-order valence-electron chi connectivity index (χ1n) is 6.49. The summed E-state index contributed by atoms with van der Waals surface area (Å²) >= 11 is 1.33. The molecule has 2 fully saturated rings. The van der Waals surface area contributed by atoms with Gasteiger partial charge in [-0.2, -0.15) is 0 Å². The molecule has 0 aromatic heterocycles. The van der Waals surface area contributed by atoms with E-state index >= 15 is 0 Å². The molecule has 0 aromatic carbocycles. The van der Waals surface area contributed by atoms with Crippen molar-refractivity contribution < 1.29 is 14.3 Å². The van der Waals surface area contributed by atoms with Crippen molar-refractivity contribution in [2.75, 3.05) is 25.4 Å². The third-order valence-corrected chi connectivity index (χ3v) is 4.26. The summed E-state index contributed by atoms with van der Waals surface area (Å²) in [5.41, 5.74) is 0. The van der Waals surface area contributed by atoms with Crippen molar-refractivity contribution in [1.82, 2.24) is 10.2 Å². The summed E-state index contributed by atoms with van der Waals surface area (Å²) in [6.07, 6.45) is 2.62. The van der Waals surface area contributed by atoms with Gasteiger partial charge in [0.25, 0.3) is 5.24 Å². The van der Waals surface area contributed by atoms with E-state index in [0.717, 1.165) is 31.7 Å². The number of carbonyl (C=O) groups is 2. The van der Waals surface area contributed by atoms with Crippen LogP contribution in [0.2, 0.25) is 0 Å². The van der Waals surface area contributed by atoms with Crippen molar-refractivity contribution in [3.8, 4) is 0 Å². The highest BCUT2D eigenvalue weighted by Gasteiger charge is 2.25. The van der Waals surface area contributed by atoms with Crippen LogP contribution >= 0.6 is 11.8 Å². The normalized spacial score (nSPS) is 25.5. The van der Waals surface area contributed by atoms with Crippen LogP contribution < -0.4 is 5.32 Å². The first-order chi connectivity index (χ1) is 8.66. The second-order valence-electron chi connectivity index (χ2n) is 4.76. The highest BCUT2D eigenvalue weighted by atomic mass is 32.2. The largest absolute Gasteiger partial charge is 0.376 e. The summed E-state index contributed by atoms with van der Waals surface area (Å²) in [6, 6.07) is 0.0589. The van der Waals surface area contributed by atoms with Gasteiger partial charge in [0.1, 0.15) is 0 Å². The van der Waals surface area contributed by atoms with E-state index in [4.69, 9.17) is 4.74 Å². The minimum atomic E-state index is 0.00250. The number of ether oxygens (including phenoxy) is 1. The molecule has 2 saturated heterocycles. The predicted octanol–water partition coefficient (Wildman–Crippen LogP) is 1.23. The highest BCUT2D eigenvalue weighted by Crippen LogP contribution is 2.17. The Kier molecular flexibility index (Phi) is 4.88. The Labute approximate surface area is 112 Å². The molecule has 2 rings (SSSR count). The van der Waals surface area contributed by atoms with Crippen LogP contribution in [0.4, 0.5) is 4.79 Å². The van der Waals surface area contributed by atoms with Gasteiger partial charge in [-0.15, -0.1) is 0 Å². The van der Waals surface area contributed by atoms with Gasteiger partial charge in [-0.25, -0.2) is 0 Å². The van der Waals surface area contributed by atoms with E-state index < -0.39 is 0 Å². The van der Waals surface area contributed by atoms with Crippen LogP contribution in [-0.4, -0.2) is 53.6 Å². The lowest BCUT2D eigenvalue weighted by molar-refractivity contribution is -0.122. The molecular weight excluding hydrogens is 252 g/mol. The fourth-order valence-electron chi connectivity index (χ4n) is 2.28. The van der Waals surface area contributed by atoms with Crippen molar-refractivity contribution in [1.29, 1.82) is 0 Å². The van der Waals surface area contributed by atoms with Crippen LogP contribution in [0.15, 0.2) is 0 Å². The van der Waals surface area contributed by atoms with Gasteiger partial charge in [0.15, 0.2) is 0 Å². The Morgan fingerprint density at radius 1 is 1.67 bits per heavy atom. The first-order valence-corrected chi connectivity index (χ1v) is 7.48. The molecule has 0 saturated carbocycles. The Morgan fingerprint density at radius 3 is 3.11 bits per heavy atom. The monoisotopic (exact) mass is 272 g/mol. The summed E-state index contributed by atoms with van der Waals surface area (Å²) < 4.78 is 5.53. The number of nitrogens with zero attached hydrogens (tertiary/aromatic N) is 1. The highest BCUT2D eigenvalue weighted by molar-refractivity contribution is 8.13. The number of hydrogen-bond donors (Lipinski definition) is 1. The molecule has 1 N–H and O–H groups in total. The third-order valence-electron chi connectivity index (χ3n) is 3.36. The molecule has 0 bridgehead atoms. The van der Waals surface area contributed by atoms with Gasteiger partial charge in [-0.1, -0.05) is 11.8 Å². The molecule has 2 amide bonds. The molecule has 5 nitrogen and oxygen atoms in total. The molecule has 2 aliphatic heterocycles. The van der Waals surface area contributed by atoms with Crippen molar-refractivity contribution in [2.24, 2.45) is 0 Å². The molecule has 0 spiro atoms. The van der Waals surface area contributed by atoms with Gasteiger partial charge in [0.05, 0.1) is 12.1 Å². The number of hydrogen-bond acceptors (Lipinski definition) is 4. The smallest absolute Gasteiger partial charge is 0.281 e. The Balaban J connectivity index is 1.66. The van der Waals surface area contributed by atoms with Crippen LogP contribution in [0.25, 0.3) is 0 Å². The molecule has 2 atom stereocenters. The van der Waals surface area contributed by atoms with Crippen molar-refractivity contribution in [2.45, 2.75) is 38.3 Å². The second-order valence-corrected chi connectivity index (χ2v) is 5.81. The topological polar surface area (TPSA) is 58.6 Å². The van der Waals surface area contributed by atoms with E-state index in [1.807, 2.05) is 6.92 Å². The SMILES string of the molecule is C[C@H](NC(=O)CCN1CCSC1=O)[C@H]1CCCO1. The lowest BCUT2D eigenvalue weighted by Gasteiger charge is -2.21. The van der Waals surface area contributed by atoms with E-state index in [1.54, 1.807) is 4.90 Å². The Morgan fingerprint density at radius 2 is 2.50 bits per heavy atom. The molecule has 0 radical (unpaired) electrons. The average Bonchev–Trinajstić information content (AvgIpc) is 2.97. The maximum Gasteiger partial charge on any atom is 0.281 e. The van der Waals surface area contributed by atoms with E-state index in [-0.39, 0.29) is 23.3 Å². The van der Waals surface area contributed by atoms with Crippen LogP contribution in [0.3, 0.4) is 0 Å². The Hall–Kier alpha value is -0.750. The molecular formula is C12H20N2O3S. The maximum absolute atomic E-state index is 11.8. The zero-order valence-corrected chi connectivity index (χ0v) is 11.5. The number of carbonyl (C=O) groups excluding carboxylic acids is 2. The van der Waals surface area contributed by atoms with Gasteiger partial charge >= 0.3 is 0 Å². The summed E-state index contributed by atoms with van der Waals surface area (Å²) in [7, 11) is 0. The summed E-state index contributed by atoms with van der Waals surface area (Å²) in [6.45, 7) is 4.06. The van der Waals surface area contributed by atoms with Gasteiger partial charge in [0, 0.05) is 31.9 Å². The van der Waals surface area contributed by atoms with Gasteiger partial charge in [-0.3, -0.25) is 9.59 Å². The standard InChI is InChI=1S/C12H20N2O3S/c1-9(10-3-2-7-17-10)13-11(15)4-5-14-6-8-18-12(14)16/h9-10H,2-8H2,1H3,(H,13,15)/t9-,10+/m0/s1. The van der Waals surface area contributed by atoms with E-state index in [9.17, 15) is 9.59 Å². The van der Waals surface area contributed by atoms with Crippen LogP contribution in [0, 0.1) is 0 Å². The zero-order valence-electron chi connectivity index (χ0n) is 10.7. The molecule has 2 heterocycles. The quantitative estimate of drug-likeness (QED) is 0.818. The molecule has 0 aliphatic carbocycles. The minimum absolute atomic E-state index is 0.00250. The molecule has 2 aliphatic rings. The summed E-state index contributed by atoms with van der Waals surface area (Å²) in [5, 5.41) is 3.04. The number of rotatable bonds is 5. The van der Waals surface area contributed by atoms with Gasteiger partial charge in [0.2, 0.25) is 5.91 Å². The van der Waals surface area contributed by atoms with Crippen LogP contribution in [0.5, 0.6) is 0 Å². The molecule has 0 unspecified atom stereocenters. The average molecular weight is 272 g/mol.